The largest absolute Gasteiger partial charge is 0.507 e. The third-order valence-corrected chi connectivity index (χ3v) is 18.8. The number of anilines is 8. The smallest absolute Gasteiger partial charge is 0.236 e. The normalized spacial score (nSPS) is 11.0. The Kier molecular flexibility index (Phi) is 22.2. The van der Waals surface area contributed by atoms with Crippen molar-refractivity contribution < 1.29 is 20.4 Å². The summed E-state index contributed by atoms with van der Waals surface area (Å²) in [4.78, 5) is 36.5. The molecule has 108 heavy (non-hydrogen) atoms. The van der Waals surface area contributed by atoms with Crippen molar-refractivity contribution in [3.63, 3.8) is 0 Å². The standard InChI is InChI=1S/C24H26N4O.C22H22N4O.C21H20N4O.C19H15ClN4O.CH4/c1-6-18-9-7-8-15(3)21(18)26-23-22(19-12-14(2)10-11-20(19)29)27-24-25-16(4)13-17(5)28(23)24;1-4-16-8-5-7-15(3)19(16)24-21-20(17-13-14(2)9-10-18(17)27)25-22-23-11-6-12-26(21)22;1-13-8-9-17(26)16(12-13)19-20(25-11-5-10-22-21(25)24-19)23-18-14(2)6-4-7-15(18)3;1-12-3-8-16(25)15(11-12)17-18(22-14-6-4-13(20)5-7-14)24-10-2-9-21-19(24)23-17;/h7-13,26,29H,6H2,1-5H3;5-13,24,27H,4H2,1-3H3;4-12,23,26H,1-3H3;2-11,22,25H,1H3;1H4. The van der Waals surface area contributed by atoms with Gasteiger partial charge < -0.3 is 41.7 Å². The maximum absolute atomic E-state index is 10.6. The molecule has 0 atom stereocenters. The number of hydrogen-bond donors (Lipinski definition) is 8. The maximum Gasteiger partial charge on any atom is 0.236 e. The van der Waals surface area contributed by atoms with Crippen molar-refractivity contribution >= 4 is 80.7 Å². The van der Waals surface area contributed by atoms with Crippen LogP contribution in [0.5, 0.6) is 23.0 Å². The van der Waals surface area contributed by atoms with Crippen LogP contribution in [0.4, 0.5) is 46.0 Å². The summed E-state index contributed by atoms with van der Waals surface area (Å²) in [6.45, 7) is 24.6. The summed E-state index contributed by atoms with van der Waals surface area (Å²) < 4.78 is 7.70. The SMILES string of the molecule is C.CCc1cccc(C)c1Nc1c(-c2cc(C)ccc2O)nc2nc(C)cc(C)n12.CCc1cccc(C)c1Nc1c(-c2cc(C)ccc2O)nc2ncccn12.Cc1ccc(O)c(-c2nc3ncccn3c2Nc2c(C)cccc2C)c1.Cc1ccc(O)c(-c2nc3ncccn3c2Nc2ccc(Cl)cc2)c1. The number of aromatic nitrogens is 12. The lowest BCUT2D eigenvalue weighted by atomic mass is 10.0. The number of hydrogen-bond acceptors (Lipinski definition) is 16. The third kappa shape index (κ3) is 15.7. The van der Waals surface area contributed by atoms with Gasteiger partial charge in [0, 0.05) is 98.6 Å². The lowest BCUT2D eigenvalue weighted by Crippen LogP contribution is -2.04. The number of aromatic hydroxyl groups is 4. The summed E-state index contributed by atoms with van der Waals surface area (Å²) in [6, 6.07) is 55.9. The Labute approximate surface area is 632 Å². The Hall–Kier alpha value is -13.1. The Morgan fingerprint density at radius 2 is 0.685 bits per heavy atom. The van der Waals surface area contributed by atoms with E-state index in [1.165, 1.54) is 11.1 Å². The summed E-state index contributed by atoms with van der Waals surface area (Å²) in [7, 11) is 0. The highest BCUT2D eigenvalue weighted by Gasteiger charge is 2.25. The number of rotatable bonds is 14. The average Bonchev–Trinajstić information content (AvgIpc) is 1.35. The van der Waals surface area contributed by atoms with E-state index in [4.69, 9.17) is 21.6 Å². The first kappa shape index (κ1) is 74.6. The molecule has 0 fully saturated rings. The van der Waals surface area contributed by atoms with E-state index in [1.54, 1.807) is 42.9 Å². The number of phenols is 4. The van der Waals surface area contributed by atoms with E-state index in [1.807, 2.05) is 181 Å². The molecule has 0 aliphatic rings. The van der Waals surface area contributed by atoms with Crippen LogP contribution in [0.25, 0.3) is 68.1 Å². The molecule has 0 aliphatic heterocycles. The minimum Gasteiger partial charge on any atom is -0.507 e. The van der Waals surface area contributed by atoms with Crippen molar-refractivity contribution in [1.29, 1.82) is 0 Å². The number of benzene rings is 8. The molecule has 20 nitrogen and oxygen atoms in total. The van der Waals surface area contributed by atoms with Crippen LogP contribution in [0.3, 0.4) is 0 Å². The van der Waals surface area contributed by atoms with Crippen LogP contribution in [0, 0.1) is 69.2 Å². The van der Waals surface area contributed by atoms with E-state index in [0.29, 0.717) is 73.2 Å². The van der Waals surface area contributed by atoms with E-state index in [9.17, 15) is 20.4 Å². The van der Waals surface area contributed by atoms with Gasteiger partial charge in [-0.05, 0) is 213 Å². The molecule has 0 aliphatic carbocycles. The predicted octanol–water partition coefficient (Wildman–Crippen LogP) is 20.9. The number of halogens is 1. The molecular weight excluding hydrogens is 1370 g/mol. The zero-order valence-electron chi connectivity index (χ0n) is 61.7. The molecule has 0 unspecified atom stereocenters. The molecule has 8 heterocycles. The first-order chi connectivity index (χ1) is 51.6. The average molecular weight is 1460 g/mol. The van der Waals surface area contributed by atoms with E-state index in [-0.39, 0.29) is 30.4 Å². The molecule has 0 spiro atoms. The maximum atomic E-state index is 10.6. The quantitative estimate of drug-likeness (QED) is 0.0504. The van der Waals surface area contributed by atoms with Crippen LogP contribution in [0.2, 0.25) is 5.02 Å². The molecule has 0 radical (unpaired) electrons. The number of fused-ring (bicyclic) bond motifs is 4. The lowest BCUT2D eigenvalue weighted by molar-refractivity contribution is 0.476. The molecule has 16 aromatic rings. The van der Waals surface area contributed by atoms with E-state index >= 15 is 0 Å². The highest BCUT2D eigenvalue weighted by Crippen LogP contribution is 2.43. The Morgan fingerprint density at radius 3 is 1.07 bits per heavy atom. The molecular formula is C87H87ClN16O4. The number of imidazole rings is 4. The first-order valence-electron chi connectivity index (χ1n) is 35.3. The summed E-state index contributed by atoms with van der Waals surface area (Å²) in [5.41, 5.74) is 22.7. The fraction of sp³-hybridized carbons (Fsp3) is 0.172. The Morgan fingerprint density at radius 1 is 0.352 bits per heavy atom. The molecule has 0 saturated carbocycles. The van der Waals surface area contributed by atoms with Crippen LogP contribution in [0.15, 0.2) is 213 Å². The van der Waals surface area contributed by atoms with Crippen LogP contribution < -0.4 is 21.3 Å². The first-order valence-corrected chi connectivity index (χ1v) is 35.6. The second kappa shape index (κ2) is 32.1. The van der Waals surface area contributed by atoms with Gasteiger partial charge in [0.2, 0.25) is 23.1 Å². The van der Waals surface area contributed by atoms with Crippen molar-refractivity contribution in [3.05, 3.63) is 285 Å². The fourth-order valence-electron chi connectivity index (χ4n) is 13.1. The van der Waals surface area contributed by atoms with E-state index < -0.39 is 0 Å². The van der Waals surface area contributed by atoms with Gasteiger partial charge in [0.1, 0.15) is 69.0 Å². The van der Waals surface area contributed by atoms with Crippen molar-refractivity contribution in [2.45, 2.75) is 103 Å². The molecule has 0 amide bonds. The number of nitrogens with one attached hydrogen (secondary N) is 4. The summed E-state index contributed by atoms with van der Waals surface area (Å²) in [6.07, 6.45) is 12.7. The van der Waals surface area contributed by atoms with Gasteiger partial charge in [0.25, 0.3) is 0 Å². The molecule has 21 heteroatoms. The van der Waals surface area contributed by atoms with Crippen molar-refractivity contribution in [1.82, 2.24) is 57.5 Å². The van der Waals surface area contributed by atoms with Crippen molar-refractivity contribution in [2.24, 2.45) is 0 Å². The van der Waals surface area contributed by atoms with Gasteiger partial charge in [-0.25, -0.2) is 39.9 Å². The zero-order valence-corrected chi connectivity index (χ0v) is 62.4. The molecule has 0 bridgehead atoms. The summed E-state index contributed by atoms with van der Waals surface area (Å²) >= 11 is 5.97. The van der Waals surface area contributed by atoms with Gasteiger partial charge in [0.15, 0.2) is 0 Å². The third-order valence-electron chi connectivity index (χ3n) is 18.5. The molecule has 8 N–H and O–H groups in total. The Balaban J connectivity index is 0.000000134. The second-order valence-corrected chi connectivity index (χ2v) is 27.0. The minimum absolute atomic E-state index is 0. The Bertz CT molecular complexity index is 5960. The van der Waals surface area contributed by atoms with Gasteiger partial charge in [-0.1, -0.05) is 134 Å². The number of nitrogens with zero attached hydrogens (tertiary/aromatic N) is 12. The fourth-order valence-corrected chi connectivity index (χ4v) is 13.2. The van der Waals surface area contributed by atoms with Gasteiger partial charge in [-0.3, -0.25) is 17.6 Å². The monoisotopic (exact) mass is 1450 g/mol. The lowest BCUT2D eigenvalue weighted by Gasteiger charge is -2.16. The second-order valence-electron chi connectivity index (χ2n) is 26.6. The molecule has 0 saturated heterocycles. The van der Waals surface area contributed by atoms with Crippen LogP contribution in [-0.4, -0.2) is 77.9 Å². The van der Waals surface area contributed by atoms with Crippen LogP contribution >= 0.6 is 11.6 Å². The zero-order chi connectivity index (χ0) is 75.3. The topological polar surface area (TPSA) is 250 Å². The van der Waals surface area contributed by atoms with Gasteiger partial charge in [0.05, 0.1) is 0 Å². The van der Waals surface area contributed by atoms with Crippen molar-refractivity contribution in [3.8, 4) is 68.0 Å². The summed E-state index contributed by atoms with van der Waals surface area (Å²) in [5, 5.41) is 56.6. The highest BCUT2D eigenvalue weighted by atomic mass is 35.5. The molecule has 546 valence electrons. The van der Waals surface area contributed by atoms with Gasteiger partial charge in [-0.15, -0.1) is 0 Å². The predicted molar refractivity (Wildman–Crippen MR) is 437 cm³/mol. The van der Waals surface area contributed by atoms with Crippen LogP contribution in [-0.2, 0) is 12.8 Å². The highest BCUT2D eigenvalue weighted by molar-refractivity contribution is 6.30. The number of phenolic OH excluding ortho intramolecular Hbond substituents is 4. The molecule has 16 rings (SSSR count). The van der Waals surface area contributed by atoms with Crippen molar-refractivity contribution in [2.75, 3.05) is 21.3 Å². The number of para-hydroxylation sites is 3. The van der Waals surface area contributed by atoms with Crippen LogP contribution in [0.1, 0.15) is 88.3 Å². The molecule has 8 aromatic carbocycles. The van der Waals surface area contributed by atoms with E-state index in [0.717, 1.165) is 115 Å². The van der Waals surface area contributed by atoms with Gasteiger partial charge in [-0.2, -0.15) is 0 Å². The number of aryl methyl sites for hydroxylation is 12. The summed E-state index contributed by atoms with van der Waals surface area (Å²) in [5.74, 6) is 6.24. The minimum atomic E-state index is 0. The molecule has 8 aromatic heterocycles. The van der Waals surface area contributed by atoms with E-state index in [2.05, 4.69) is 141 Å². The van der Waals surface area contributed by atoms with Gasteiger partial charge >= 0.3 is 0 Å².